The average molecular weight is 493 g/mol. The molecule has 0 bridgehead atoms. The Hall–Kier alpha value is -1.58. The monoisotopic (exact) mass is 492 g/mol. The maximum Gasteiger partial charge on any atom is 0.305 e. The van der Waals surface area contributed by atoms with Crippen LogP contribution in [-0.4, -0.2) is 23.7 Å². The fourth-order valence-corrected chi connectivity index (χ4v) is 4.01. The number of rotatable bonds is 26. The van der Waals surface area contributed by atoms with E-state index >= 15 is 0 Å². The van der Waals surface area contributed by atoms with Crippen LogP contribution >= 0.6 is 0 Å². The lowest BCUT2D eigenvalue weighted by Gasteiger charge is -2.05. The molecule has 0 aromatic heterocycles. The maximum absolute atomic E-state index is 11.8. The first kappa shape index (κ1) is 33.4. The van der Waals surface area contributed by atoms with Crippen molar-refractivity contribution < 1.29 is 19.4 Å². The maximum atomic E-state index is 11.8. The molecule has 0 spiro atoms. The van der Waals surface area contributed by atoms with Crippen LogP contribution in [0, 0.1) is 5.92 Å². The van der Waals surface area contributed by atoms with Gasteiger partial charge in [-0.15, -0.1) is 0 Å². The molecule has 204 valence electrons. The van der Waals surface area contributed by atoms with Crippen molar-refractivity contribution in [2.45, 2.75) is 149 Å². The van der Waals surface area contributed by atoms with Gasteiger partial charge in [0.1, 0.15) is 0 Å². The quantitative estimate of drug-likeness (QED) is 0.0741. The third kappa shape index (κ3) is 28.5. The highest BCUT2D eigenvalue weighted by Gasteiger charge is 2.03. The van der Waals surface area contributed by atoms with Crippen molar-refractivity contribution in [3.05, 3.63) is 24.3 Å². The van der Waals surface area contributed by atoms with Crippen molar-refractivity contribution in [1.82, 2.24) is 0 Å². The fraction of sp³-hybridized carbons (Fsp3) is 0.806. The summed E-state index contributed by atoms with van der Waals surface area (Å²) in [6.45, 7) is 5.14. The van der Waals surface area contributed by atoms with Crippen LogP contribution in [-0.2, 0) is 14.3 Å². The average Bonchev–Trinajstić information content (AvgIpc) is 2.84. The highest BCUT2D eigenvalue weighted by atomic mass is 16.5. The largest absolute Gasteiger partial charge is 0.481 e. The van der Waals surface area contributed by atoms with Gasteiger partial charge in [0.15, 0.2) is 0 Å². The second kappa shape index (κ2) is 27.0. The summed E-state index contributed by atoms with van der Waals surface area (Å²) in [5.74, 6) is 0.102. The zero-order valence-corrected chi connectivity index (χ0v) is 23.1. The Bertz CT molecular complexity index is 538. The molecule has 1 N–H and O–H groups in total. The summed E-state index contributed by atoms with van der Waals surface area (Å²) >= 11 is 0. The minimum absolute atomic E-state index is 0.0471. The lowest BCUT2D eigenvalue weighted by molar-refractivity contribution is -0.144. The number of hydrogen-bond donors (Lipinski definition) is 1. The van der Waals surface area contributed by atoms with Gasteiger partial charge in [-0.3, -0.25) is 9.59 Å². The van der Waals surface area contributed by atoms with E-state index in [0.717, 1.165) is 76.5 Å². The normalized spacial score (nSPS) is 12.5. The molecule has 0 unspecified atom stereocenters. The molecular formula is C31H56O4. The van der Waals surface area contributed by atoms with Gasteiger partial charge in [-0.25, -0.2) is 0 Å². The predicted molar refractivity (Wildman–Crippen MR) is 149 cm³/mol. The Balaban J connectivity index is 3.28. The second-order valence-electron chi connectivity index (χ2n) is 10.1. The summed E-state index contributed by atoms with van der Waals surface area (Å²) in [5, 5.41) is 8.59. The number of aliphatic carboxylic acids is 1. The number of carboxylic acid groups (broad SMARTS) is 1. The number of carbonyl (C=O) groups excluding carboxylic acids is 1. The molecule has 0 aromatic carbocycles. The van der Waals surface area contributed by atoms with Gasteiger partial charge in [0, 0.05) is 12.8 Å². The second-order valence-corrected chi connectivity index (χ2v) is 10.1. The summed E-state index contributed by atoms with van der Waals surface area (Å²) in [4.78, 5) is 22.2. The molecular weight excluding hydrogens is 436 g/mol. The molecule has 4 heteroatoms. The van der Waals surface area contributed by atoms with E-state index in [1.807, 2.05) is 0 Å². The van der Waals surface area contributed by atoms with Crippen molar-refractivity contribution in [2.24, 2.45) is 5.92 Å². The van der Waals surface area contributed by atoms with E-state index in [9.17, 15) is 9.59 Å². The molecule has 4 nitrogen and oxygen atoms in total. The van der Waals surface area contributed by atoms with Crippen molar-refractivity contribution in [1.29, 1.82) is 0 Å². The summed E-state index contributed by atoms with van der Waals surface area (Å²) in [5.41, 5.74) is 0. The molecule has 0 radical (unpaired) electrons. The summed E-state index contributed by atoms with van der Waals surface area (Å²) < 4.78 is 5.33. The topological polar surface area (TPSA) is 63.6 Å². The standard InChI is InChI=1S/C31H56O4/c1-3-29(2)25-21-17-13-10-8-6-4-5-7-9-11-15-19-23-27-31(34)35-28-24-20-16-12-14-18-22-26-30(32)33/h4,6,13,17,29H,3,5,7-12,14-16,18-28H2,1-2H3,(H,32,33)/b6-4?,17-13-/t29-/m1/s1. The first-order valence-electron chi connectivity index (χ1n) is 14.7. The van der Waals surface area contributed by atoms with Gasteiger partial charge in [0.05, 0.1) is 6.61 Å². The van der Waals surface area contributed by atoms with E-state index in [1.165, 1.54) is 51.4 Å². The van der Waals surface area contributed by atoms with Gasteiger partial charge in [-0.1, -0.05) is 102 Å². The van der Waals surface area contributed by atoms with Gasteiger partial charge in [-0.2, -0.15) is 0 Å². The minimum atomic E-state index is -0.701. The van der Waals surface area contributed by atoms with Crippen LogP contribution in [0.3, 0.4) is 0 Å². The van der Waals surface area contributed by atoms with Gasteiger partial charge in [0.25, 0.3) is 0 Å². The Labute approximate surface area is 217 Å². The van der Waals surface area contributed by atoms with E-state index in [-0.39, 0.29) is 12.4 Å². The molecule has 0 aliphatic carbocycles. The van der Waals surface area contributed by atoms with Crippen LogP contribution in [0.1, 0.15) is 149 Å². The van der Waals surface area contributed by atoms with Crippen LogP contribution in [0.25, 0.3) is 0 Å². The summed E-state index contributed by atoms with van der Waals surface area (Å²) in [7, 11) is 0. The molecule has 35 heavy (non-hydrogen) atoms. The van der Waals surface area contributed by atoms with Crippen LogP contribution in [0.4, 0.5) is 0 Å². The van der Waals surface area contributed by atoms with Crippen molar-refractivity contribution in [3.63, 3.8) is 0 Å². The molecule has 0 aromatic rings. The van der Waals surface area contributed by atoms with Gasteiger partial charge < -0.3 is 9.84 Å². The lowest BCUT2D eigenvalue weighted by Crippen LogP contribution is -2.05. The van der Waals surface area contributed by atoms with Crippen molar-refractivity contribution in [3.8, 4) is 0 Å². The van der Waals surface area contributed by atoms with Crippen LogP contribution < -0.4 is 0 Å². The Morgan fingerprint density at radius 3 is 1.74 bits per heavy atom. The van der Waals surface area contributed by atoms with Gasteiger partial charge in [-0.05, 0) is 63.7 Å². The number of carboxylic acids is 1. The Morgan fingerprint density at radius 2 is 1.14 bits per heavy atom. The van der Waals surface area contributed by atoms with Crippen LogP contribution in [0.5, 0.6) is 0 Å². The highest BCUT2D eigenvalue weighted by Crippen LogP contribution is 2.12. The number of carbonyl (C=O) groups is 2. The minimum Gasteiger partial charge on any atom is -0.481 e. The third-order valence-electron chi connectivity index (χ3n) is 6.66. The van der Waals surface area contributed by atoms with Gasteiger partial charge >= 0.3 is 11.9 Å². The highest BCUT2D eigenvalue weighted by molar-refractivity contribution is 5.69. The molecule has 0 saturated heterocycles. The number of hydrogen-bond acceptors (Lipinski definition) is 3. The summed E-state index contributed by atoms with van der Waals surface area (Å²) in [6, 6.07) is 0. The zero-order valence-electron chi connectivity index (χ0n) is 23.1. The van der Waals surface area contributed by atoms with E-state index in [0.29, 0.717) is 13.0 Å². The third-order valence-corrected chi connectivity index (χ3v) is 6.66. The van der Waals surface area contributed by atoms with Gasteiger partial charge in [0.2, 0.25) is 0 Å². The molecule has 0 aliphatic heterocycles. The Morgan fingerprint density at radius 1 is 0.657 bits per heavy atom. The molecule has 0 rings (SSSR count). The molecule has 0 fully saturated rings. The number of unbranched alkanes of at least 4 members (excludes halogenated alkanes) is 13. The van der Waals surface area contributed by atoms with E-state index in [4.69, 9.17) is 9.84 Å². The smallest absolute Gasteiger partial charge is 0.305 e. The van der Waals surface area contributed by atoms with E-state index in [1.54, 1.807) is 0 Å². The molecule has 0 heterocycles. The fourth-order valence-electron chi connectivity index (χ4n) is 4.01. The van der Waals surface area contributed by atoms with Crippen LogP contribution in [0.15, 0.2) is 24.3 Å². The number of esters is 1. The number of ether oxygens (including phenoxy) is 1. The molecule has 0 amide bonds. The van der Waals surface area contributed by atoms with Crippen molar-refractivity contribution >= 4 is 11.9 Å². The first-order valence-corrected chi connectivity index (χ1v) is 14.7. The predicted octanol–water partition coefficient (Wildman–Crippen LogP) is 9.57. The SMILES string of the molecule is CC[C@@H](C)CC/C=C\CCC=CCCCCCCCCC(=O)OCCCCCCCCCC(=O)O. The first-order chi connectivity index (χ1) is 17.1. The molecule has 1 atom stereocenters. The van der Waals surface area contributed by atoms with E-state index < -0.39 is 5.97 Å². The Kier molecular flexibility index (Phi) is 25.8. The molecule has 0 aliphatic rings. The summed E-state index contributed by atoms with van der Waals surface area (Å²) in [6.07, 6.45) is 31.8. The van der Waals surface area contributed by atoms with E-state index in [2.05, 4.69) is 38.2 Å². The number of allylic oxidation sites excluding steroid dienone is 4. The lowest BCUT2D eigenvalue weighted by atomic mass is 10.0. The zero-order chi connectivity index (χ0) is 25.8. The molecule has 0 saturated carbocycles. The van der Waals surface area contributed by atoms with Crippen LogP contribution in [0.2, 0.25) is 0 Å². The van der Waals surface area contributed by atoms with Crippen molar-refractivity contribution in [2.75, 3.05) is 6.61 Å².